The van der Waals surface area contributed by atoms with Crippen molar-refractivity contribution in [3.8, 4) is 11.1 Å². The van der Waals surface area contributed by atoms with Gasteiger partial charge in [-0.05, 0) is 17.7 Å². The van der Waals surface area contributed by atoms with Crippen LogP contribution in [0, 0.1) is 11.6 Å². The van der Waals surface area contributed by atoms with E-state index in [0.717, 1.165) is 6.07 Å². The highest BCUT2D eigenvalue weighted by Crippen LogP contribution is 2.22. The van der Waals surface area contributed by atoms with Gasteiger partial charge in [0.15, 0.2) is 5.69 Å². The third-order valence-corrected chi connectivity index (χ3v) is 2.40. The van der Waals surface area contributed by atoms with Crippen LogP contribution in [0.2, 0.25) is 0 Å². The van der Waals surface area contributed by atoms with Gasteiger partial charge >= 0.3 is 5.97 Å². The molecule has 1 aromatic heterocycles. The number of pyridine rings is 1. The fourth-order valence-corrected chi connectivity index (χ4v) is 1.49. The molecule has 92 valence electrons. The molecule has 0 aliphatic rings. The Morgan fingerprint density at radius 2 is 1.89 bits per heavy atom. The number of aromatic nitrogens is 1. The fourth-order valence-electron chi connectivity index (χ4n) is 1.49. The molecule has 1 aromatic carbocycles. The van der Waals surface area contributed by atoms with E-state index in [-0.39, 0.29) is 11.3 Å². The number of esters is 1. The summed E-state index contributed by atoms with van der Waals surface area (Å²) >= 11 is 0. The molecule has 0 saturated carbocycles. The molecule has 5 heteroatoms. The summed E-state index contributed by atoms with van der Waals surface area (Å²) in [5, 5.41) is 0. The van der Waals surface area contributed by atoms with E-state index >= 15 is 0 Å². The number of hydrogen-bond acceptors (Lipinski definition) is 3. The average molecular weight is 249 g/mol. The minimum absolute atomic E-state index is 0.110. The molecule has 3 nitrogen and oxygen atoms in total. The number of carbonyl (C=O) groups is 1. The lowest BCUT2D eigenvalue weighted by molar-refractivity contribution is 0.0593. The minimum atomic E-state index is -0.709. The first kappa shape index (κ1) is 12.2. The van der Waals surface area contributed by atoms with Gasteiger partial charge in [0.1, 0.15) is 11.6 Å². The van der Waals surface area contributed by atoms with Gasteiger partial charge in [-0.1, -0.05) is 12.1 Å². The molecule has 0 radical (unpaired) electrons. The summed E-state index contributed by atoms with van der Waals surface area (Å²) < 4.78 is 31.0. The lowest BCUT2D eigenvalue weighted by Gasteiger charge is -2.04. The molecule has 0 amide bonds. The Morgan fingerprint density at radius 1 is 1.22 bits per heavy atom. The Bertz CT molecular complexity index is 582. The molecule has 0 fully saturated rings. The molecule has 0 atom stereocenters. The zero-order valence-corrected chi connectivity index (χ0v) is 9.48. The normalized spacial score (nSPS) is 10.2. The Morgan fingerprint density at radius 3 is 2.44 bits per heavy atom. The molecule has 0 N–H and O–H groups in total. The van der Waals surface area contributed by atoms with E-state index in [9.17, 15) is 13.6 Å². The van der Waals surface area contributed by atoms with E-state index in [4.69, 9.17) is 0 Å². The van der Waals surface area contributed by atoms with E-state index < -0.39 is 17.6 Å². The van der Waals surface area contributed by atoms with Crippen LogP contribution in [0.1, 0.15) is 10.5 Å². The van der Waals surface area contributed by atoms with Crippen LogP contribution in [0.3, 0.4) is 0 Å². The van der Waals surface area contributed by atoms with Crippen molar-refractivity contribution in [1.82, 2.24) is 4.98 Å². The summed E-state index contributed by atoms with van der Waals surface area (Å²) in [5.74, 6) is -1.73. The van der Waals surface area contributed by atoms with Gasteiger partial charge in [-0.15, -0.1) is 0 Å². The zero-order valence-electron chi connectivity index (χ0n) is 9.48. The highest BCUT2D eigenvalue weighted by molar-refractivity contribution is 5.87. The first-order valence-electron chi connectivity index (χ1n) is 5.11. The predicted molar refractivity (Wildman–Crippen MR) is 60.9 cm³/mol. The van der Waals surface area contributed by atoms with Crippen LogP contribution in [-0.2, 0) is 4.74 Å². The van der Waals surface area contributed by atoms with E-state index in [0.29, 0.717) is 5.56 Å². The number of nitrogens with zero attached hydrogens (tertiary/aromatic N) is 1. The maximum atomic E-state index is 13.8. The molecular weight excluding hydrogens is 240 g/mol. The second-order valence-corrected chi connectivity index (χ2v) is 3.55. The fraction of sp³-hybridized carbons (Fsp3) is 0.0769. The average Bonchev–Trinajstić information content (AvgIpc) is 2.39. The number of hydrogen-bond donors (Lipinski definition) is 0. The smallest absolute Gasteiger partial charge is 0.356 e. The zero-order chi connectivity index (χ0) is 13.1. The van der Waals surface area contributed by atoms with Crippen molar-refractivity contribution in [3.63, 3.8) is 0 Å². The van der Waals surface area contributed by atoms with Gasteiger partial charge in [-0.25, -0.2) is 18.6 Å². The van der Waals surface area contributed by atoms with Crippen molar-refractivity contribution in [2.75, 3.05) is 7.11 Å². The second-order valence-electron chi connectivity index (χ2n) is 3.55. The first-order valence-corrected chi connectivity index (χ1v) is 5.11. The third-order valence-electron chi connectivity index (χ3n) is 2.40. The molecule has 0 aliphatic carbocycles. The quantitative estimate of drug-likeness (QED) is 0.768. The van der Waals surface area contributed by atoms with Crippen LogP contribution in [0.25, 0.3) is 11.1 Å². The van der Waals surface area contributed by atoms with Gasteiger partial charge in [0.2, 0.25) is 0 Å². The second kappa shape index (κ2) is 4.91. The predicted octanol–water partition coefficient (Wildman–Crippen LogP) is 2.81. The first-order chi connectivity index (χ1) is 8.61. The van der Waals surface area contributed by atoms with Gasteiger partial charge in [0.25, 0.3) is 0 Å². The van der Waals surface area contributed by atoms with Crippen LogP contribution in [0.5, 0.6) is 0 Å². The molecule has 1 heterocycles. The van der Waals surface area contributed by atoms with E-state index in [1.807, 2.05) is 0 Å². The van der Waals surface area contributed by atoms with Crippen LogP contribution in [0.4, 0.5) is 8.78 Å². The molecule has 0 saturated heterocycles. The highest BCUT2D eigenvalue weighted by atomic mass is 19.1. The van der Waals surface area contributed by atoms with Crippen molar-refractivity contribution in [3.05, 3.63) is 53.9 Å². The monoisotopic (exact) mass is 249 g/mol. The molecule has 2 aromatic rings. The Balaban J connectivity index is 2.41. The topological polar surface area (TPSA) is 39.2 Å². The van der Waals surface area contributed by atoms with Crippen LogP contribution < -0.4 is 0 Å². The van der Waals surface area contributed by atoms with Crippen molar-refractivity contribution in [2.45, 2.75) is 0 Å². The molecule has 18 heavy (non-hydrogen) atoms. The van der Waals surface area contributed by atoms with Crippen molar-refractivity contribution < 1.29 is 18.3 Å². The van der Waals surface area contributed by atoms with Gasteiger partial charge in [-0.3, -0.25) is 0 Å². The Hall–Kier alpha value is -2.30. The summed E-state index contributed by atoms with van der Waals surface area (Å²) in [6.07, 6.45) is 1.22. The Kier molecular flexibility index (Phi) is 3.32. The van der Waals surface area contributed by atoms with Crippen molar-refractivity contribution in [1.29, 1.82) is 0 Å². The molecular formula is C13H9F2NO2. The molecule has 0 spiro atoms. The Labute approximate surface area is 102 Å². The highest BCUT2D eigenvalue weighted by Gasteiger charge is 2.12. The largest absolute Gasteiger partial charge is 0.464 e. The van der Waals surface area contributed by atoms with Gasteiger partial charge < -0.3 is 4.74 Å². The SMILES string of the molecule is COC(=O)c1cc(F)c(-c2ccc(F)cc2)cn1. The van der Waals surface area contributed by atoms with E-state index in [1.165, 1.54) is 37.6 Å². The summed E-state index contributed by atoms with van der Waals surface area (Å²) in [5.41, 5.74) is 0.571. The summed E-state index contributed by atoms with van der Waals surface area (Å²) in [6.45, 7) is 0. The summed E-state index contributed by atoms with van der Waals surface area (Å²) in [6, 6.07) is 6.32. The van der Waals surface area contributed by atoms with Gasteiger partial charge in [-0.2, -0.15) is 0 Å². The number of halogens is 2. The number of ether oxygens (including phenoxy) is 1. The van der Waals surface area contributed by atoms with E-state index in [2.05, 4.69) is 9.72 Å². The van der Waals surface area contributed by atoms with Gasteiger partial charge in [0.05, 0.1) is 7.11 Å². The summed E-state index contributed by atoms with van der Waals surface area (Å²) in [7, 11) is 1.19. The molecule has 0 aliphatic heterocycles. The van der Waals surface area contributed by atoms with E-state index in [1.54, 1.807) is 0 Å². The number of benzene rings is 1. The lowest BCUT2D eigenvalue weighted by atomic mass is 10.1. The maximum Gasteiger partial charge on any atom is 0.356 e. The standard InChI is InChI=1S/C13H9F2NO2/c1-18-13(17)12-6-11(15)10(7-16-12)8-2-4-9(14)5-3-8/h2-7H,1H3. The minimum Gasteiger partial charge on any atom is -0.464 e. The summed E-state index contributed by atoms with van der Waals surface area (Å²) in [4.78, 5) is 15.0. The van der Waals surface area contributed by atoms with Crippen LogP contribution in [-0.4, -0.2) is 18.1 Å². The maximum absolute atomic E-state index is 13.8. The van der Waals surface area contributed by atoms with Gasteiger partial charge in [0, 0.05) is 17.8 Å². The lowest BCUT2D eigenvalue weighted by Crippen LogP contribution is -2.05. The van der Waals surface area contributed by atoms with Crippen molar-refractivity contribution in [2.24, 2.45) is 0 Å². The number of methoxy groups -OCH3 is 1. The van der Waals surface area contributed by atoms with Crippen LogP contribution >= 0.6 is 0 Å². The number of carbonyl (C=O) groups excluding carboxylic acids is 1. The number of rotatable bonds is 2. The molecule has 0 bridgehead atoms. The third kappa shape index (κ3) is 2.34. The van der Waals surface area contributed by atoms with Crippen molar-refractivity contribution >= 4 is 5.97 Å². The van der Waals surface area contributed by atoms with Crippen LogP contribution in [0.15, 0.2) is 36.5 Å². The molecule has 0 unspecified atom stereocenters. The molecule has 2 rings (SSSR count).